The predicted molar refractivity (Wildman–Crippen MR) is 60.9 cm³/mol. The summed E-state index contributed by atoms with van der Waals surface area (Å²) in [7, 11) is 0. The first kappa shape index (κ1) is 11.6. The fourth-order valence-electron chi connectivity index (χ4n) is 2.29. The van der Waals surface area contributed by atoms with Gasteiger partial charge in [-0.15, -0.1) is 0 Å². The van der Waals surface area contributed by atoms with Gasteiger partial charge in [0, 0.05) is 6.54 Å². The molecule has 1 aromatic rings. The maximum absolute atomic E-state index is 9.60. The summed E-state index contributed by atoms with van der Waals surface area (Å²) in [6.45, 7) is 6.57. The minimum absolute atomic E-state index is 0.214. The van der Waals surface area contributed by atoms with Crippen molar-refractivity contribution < 1.29 is 9.52 Å². The normalized spacial score (nSPS) is 24.6. The third kappa shape index (κ3) is 2.83. The number of oxazole rings is 1. The van der Waals surface area contributed by atoms with Crippen LogP contribution in [0, 0.1) is 12.8 Å². The van der Waals surface area contributed by atoms with Gasteiger partial charge in [-0.1, -0.05) is 0 Å². The molecule has 0 aromatic carbocycles. The molecule has 1 saturated heterocycles. The lowest BCUT2D eigenvalue weighted by Crippen LogP contribution is -2.39. The van der Waals surface area contributed by atoms with Crippen LogP contribution in [0.5, 0.6) is 0 Å². The zero-order valence-corrected chi connectivity index (χ0v) is 10.0. The van der Waals surface area contributed by atoms with E-state index >= 15 is 0 Å². The Bertz CT molecular complexity index is 336. The number of hydrogen-bond acceptors (Lipinski definition) is 4. The van der Waals surface area contributed by atoms with E-state index in [4.69, 9.17) is 4.42 Å². The molecule has 1 aliphatic heterocycles. The van der Waals surface area contributed by atoms with Crippen LogP contribution in [0.4, 0.5) is 0 Å². The molecule has 0 spiro atoms. The molecule has 2 atom stereocenters. The highest BCUT2D eigenvalue weighted by Gasteiger charge is 2.24. The van der Waals surface area contributed by atoms with Crippen molar-refractivity contribution in [1.29, 1.82) is 0 Å². The molecule has 1 N–H and O–H groups in total. The third-order valence-electron chi connectivity index (χ3n) is 3.25. The fraction of sp³-hybridized carbons (Fsp3) is 0.750. The molecule has 1 aliphatic rings. The average molecular weight is 224 g/mol. The Kier molecular flexibility index (Phi) is 3.61. The number of nitrogens with zero attached hydrogens (tertiary/aromatic N) is 2. The van der Waals surface area contributed by atoms with Crippen LogP contribution < -0.4 is 0 Å². The molecule has 0 bridgehead atoms. The zero-order valence-electron chi connectivity index (χ0n) is 10.0. The number of aliphatic hydroxyl groups excluding tert-OH is 1. The lowest BCUT2D eigenvalue weighted by atomic mass is 9.93. The number of aromatic nitrogens is 1. The standard InChI is InChI=1S/C12H20N2O2/c1-9-6-13-12(16-9)8-14-5-3-4-11(7-14)10(2)15/h6,10-11,15H,3-5,7-8H2,1-2H3. The van der Waals surface area contributed by atoms with E-state index < -0.39 is 0 Å². The van der Waals surface area contributed by atoms with Gasteiger partial charge in [0.2, 0.25) is 5.89 Å². The molecule has 1 aromatic heterocycles. The van der Waals surface area contributed by atoms with Gasteiger partial charge < -0.3 is 9.52 Å². The van der Waals surface area contributed by atoms with Crippen LogP contribution in [-0.4, -0.2) is 34.2 Å². The summed E-state index contributed by atoms with van der Waals surface area (Å²) in [5.74, 6) is 2.03. The average Bonchev–Trinajstić information content (AvgIpc) is 2.64. The molecule has 90 valence electrons. The number of likely N-dealkylation sites (tertiary alicyclic amines) is 1. The van der Waals surface area contributed by atoms with Crippen LogP contribution in [-0.2, 0) is 6.54 Å². The van der Waals surface area contributed by atoms with Gasteiger partial charge in [0.1, 0.15) is 5.76 Å². The highest BCUT2D eigenvalue weighted by molar-refractivity contribution is 4.91. The zero-order chi connectivity index (χ0) is 11.5. The first-order valence-electron chi connectivity index (χ1n) is 5.97. The summed E-state index contributed by atoms with van der Waals surface area (Å²) < 4.78 is 5.47. The van der Waals surface area contributed by atoms with Crippen LogP contribution >= 0.6 is 0 Å². The van der Waals surface area contributed by atoms with Gasteiger partial charge in [-0.3, -0.25) is 4.90 Å². The molecule has 0 amide bonds. The van der Waals surface area contributed by atoms with E-state index in [9.17, 15) is 5.11 Å². The summed E-state index contributed by atoms with van der Waals surface area (Å²) >= 11 is 0. The highest BCUT2D eigenvalue weighted by atomic mass is 16.4. The van der Waals surface area contributed by atoms with E-state index in [1.54, 1.807) is 6.20 Å². The summed E-state index contributed by atoms with van der Waals surface area (Å²) in [6.07, 6.45) is 3.81. The molecule has 0 aliphatic carbocycles. The second-order valence-corrected chi connectivity index (χ2v) is 4.74. The van der Waals surface area contributed by atoms with Gasteiger partial charge in [0.15, 0.2) is 0 Å². The molecule has 4 heteroatoms. The molecular formula is C12H20N2O2. The van der Waals surface area contributed by atoms with Gasteiger partial charge in [0.25, 0.3) is 0 Å². The number of aliphatic hydroxyl groups is 1. The van der Waals surface area contributed by atoms with Gasteiger partial charge >= 0.3 is 0 Å². The SMILES string of the molecule is Cc1cnc(CN2CCCC(C(C)O)C2)o1. The molecule has 0 saturated carbocycles. The number of piperidine rings is 1. The van der Waals surface area contributed by atoms with E-state index in [0.29, 0.717) is 5.92 Å². The van der Waals surface area contributed by atoms with Crippen LogP contribution in [0.2, 0.25) is 0 Å². The first-order valence-corrected chi connectivity index (χ1v) is 5.97. The second kappa shape index (κ2) is 4.97. The number of aryl methyl sites for hydroxylation is 1. The summed E-state index contributed by atoms with van der Waals surface area (Å²) in [5.41, 5.74) is 0. The van der Waals surface area contributed by atoms with E-state index in [1.165, 1.54) is 0 Å². The second-order valence-electron chi connectivity index (χ2n) is 4.74. The molecule has 2 unspecified atom stereocenters. The van der Waals surface area contributed by atoms with Crippen molar-refractivity contribution in [2.24, 2.45) is 5.92 Å². The molecule has 1 fully saturated rings. The predicted octanol–water partition coefficient (Wildman–Crippen LogP) is 1.58. The summed E-state index contributed by atoms with van der Waals surface area (Å²) in [5, 5.41) is 9.60. The van der Waals surface area contributed by atoms with Crippen molar-refractivity contribution in [2.45, 2.75) is 39.3 Å². The van der Waals surface area contributed by atoms with Crippen molar-refractivity contribution in [1.82, 2.24) is 9.88 Å². The molecular weight excluding hydrogens is 204 g/mol. The molecule has 16 heavy (non-hydrogen) atoms. The third-order valence-corrected chi connectivity index (χ3v) is 3.25. The first-order chi connectivity index (χ1) is 7.65. The topological polar surface area (TPSA) is 49.5 Å². The van der Waals surface area contributed by atoms with Crippen molar-refractivity contribution in [3.05, 3.63) is 17.8 Å². The number of rotatable bonds is 3. The Morgan fingerprint density at radius 3 is 3.12 bits per heavy atom. The maximum atomic E-state index is 9.60. The summed E-state index contributed by atoms with van der Waals surface area (Å²) in [4.78, 5) is 6.52. The van der Waals surface area contributed by atoms with E-state index in [-0.39, 0.29) is 6.10 Å². The maximum Gasteiger partial charge on any atom is 0.208 e. The quantitative estimate of drug-likeness (QED) is 0.846. The van der Waals surface area contributed by atoms with Crippen LogP contribution in [0.3, 0.4) is 0 Å². The van der Waals surface area contributed by atoms with E-state index in [2.05, 4.69) is 9.88 Å². The molecule has 0 radical (unpaired) electrons. The van der Waals surface area contributed by atoms with E-state index in [0.717, 1.165) is 44.1 Å². The van der Waals surface area contributed by atoms with Crippen molar-refractivity contribution >= 4 is 0 Å². The van der Waals surface area contributed by atoms with Crippen LogP contribution in [0.1, 0.15) is 31.4 Å². The van der Waals surface area contributed by atoms with Crippen molar-refractivity contribution in [3.63, 3.8) is 0 Å². The Morgan fingerprint density at radius 1 is 1.69 bits per heavy atom. The summed E-state index contributed by atoms with van der Waals surface area (Å²) in [6, 6.07) is 0. The van der Waals surface area contributed by atoms with Crippen LogP contribution in [0.25, 0.3) is 0 Å². The Morgan fingerprint density at radius 2 is 2.50 bits per heavy atom. The largest absolute Gasteiger partial charge is 0.445 e. The van der Waals surface area contributed by atoms with Crippen LogP contribution in [0.15, 0.2) is 10.6 Å². The fourth-order valence-corrected chi connectivity index (χ4v) is 2.29. The van der Waals surface area contributed by atoms with Crippen molar-refractivity contribution in [2.75, 3.05) is 13.1 Å². The molecule has 2 rings (SSSR count). The van der Waals surface area contributed by atoms with E-state index in [1.807, 2.05) is 13.8 Å². The minimum atomic E-state index is -0.214. The highest BCUT2D eigenvalue weighted by Crippen LogP contribution is 2.21. The smallest absolute Gasteiger partial charge is 0.208 e. The van der Waals surface area contributed by atoms with Crippen molar-refractivity contribution in [3.8, 4) is 0 Å². The Labute approximate surface area is 96.3 Å². The lowest BCUT2D eigenvalue weighted by Gasteiger charge is -2.33. The van der Waals surface area contributed by atoms with Gasteiger partial charge in [0.05, 0.1) is 18.8 Å². The molecule has 4 nitrogen and oxygen atoms in total. The number of hydrogen-bond donors (Lipinski definition) is 1. The minimum Gasteiger partial charge on any atom is -0.445 e. The van der Waals surface area contributed by atoms with Gasteiger partial charge in [-0.05, 0) is 39.2 Å². The van der Waals surface area contributed by atoms with Gasteiger partial charge in [-0.2, -0.15) is 0 Å². The monoisotopic (exact) mass is 224 g/mol. The van der Waals surface area contributed by atoms with Gasteiger partial charge in [-0.25, -0.2) is 4.98 Å². The Balaban J connectivity index is 1.90. The molecule has 2 heterocycles. The Hall–Kier alpha value is -0.870. The lowest BCUT2D eigenvalue weighted by molar-refractivity contribution is 0.0564.